The Hall–Kier alpha value is -2.67. The molecule has 1 saturated carbocycles. The summed E-state index contributed by atoms with van der Waals surface area (Å²) in [5.74, 6) is 0.114. The Morgan fingerprint density at radius 1 is 1.25 bits per heavy atom. The number of allylic oxidation sites excluding steroid dienone is 1. The number of aromatic nitrogens is 1. The van der Waals surface area contributed by atoms with Crippen molar-refractivity contribution >= 4 is 23.3 Å². The smallest absolute Gasteiger partial charge is 0.395 e. The van der Waals surface area contributed by atoms with E-state index in [0.29, 0.717) is 16.9 Å². The number of halogens is 3. The van der Waals surface area contributed by atoms with Crippen molar-refractivity contribution in [3.8, 4) is 22.6 Å². The van der Waals surface area contributed by atoms with E-state index >= 15 is 0 Å². The highest BCUT2D eigenvalue weighted by molar-refractivity contribution is 6.33. The minimum atomic E-state index is -3.71. The number of alkyl halides is 2. The Labute approximate surface area is 165 Å². The van der Waals surface area contributed by atoms with Gasteiger partial charge in [-0.05, 0) is 44.9 Å². The minimum absolute atomic E-state index is 0.0771. The summed E-state index contributed by atoms with van der Waals surface area (Å²) in [7, 11) is 0. The minimum Gasteiger partial charge on any atom is -0.395 e. The van der Waals surface area contributed by atoms with Crippen molar-refractivity contribution in [2.24, 2.45) is 5.41 Å². The Morgan fingerprint density at radius 3 is 2.50 bits per heavy atom. The number of hydrogen-bond acceptors (Lipinski definition) is 4. The number of carbonyl (C=O) groups excluding carboxylic acids is 1. The molecule has 0 bridgehead atoms. The molecular formula is C20H17ClF2N2O3. The summed E-state index contributed by atoms with van der Waals surface area (Å²) in [6.07, 6.45) is 1.41. The lowest BCUT2D eigenvalue weighted by Crippen LogP contribution is -2.25. The second-order valence-electron chi connectivity index (χ2n) is 6.89. The third-order valence-electron chi connectivity index (χ3n) is 5.18. The number of anilines is 1. The van der Waals surface area contributed by atoms with Crippen LogP contribution in [-0.2, 0) is 4.79 Å². The van der Waals surface area contributed by atoms with E-state index in [9.17, 15) is 13.6 Å². The summed E-state index contributed by atoms with van der Waals surface area (Å²) >= 11 is 6.19. The summed E-state index contributed by atoms with van der Waals surface area (Å²) in [6.45, 7) is 3.87. The summed E-state index contributed by atoms with van der Waals surface area (Å²) in [5.41, 5.74) is 1.68. The van der Waals surface area contributed by atoms with Gasteiger partial charge in [0.25, 0.3) is 0 Å². The lowest BCUT2D eigenvalue weighted by atomic mass is 9.96. The predicted octanol–water partition coefficient (Wildman–Crippen LogP) is 5.41. The van der Waals surface area contributed by atoms with Crippen molar-refractivity contribution in [1.29, 1.82) is 0 Å². The van der Waals surface area contributed by atoms with Gasteiger partial charge in [0.2, 0.25) is 5.91 Å². The molecule has 1 aromatic carbocycles. The van der Waals surface area contributed by atoms with Gasteiger partial charge in [0.1, 0.15) is 5.82 Å². The molecule has 0 unspecified atom stereocenters. The van der Waals surface area contributed by atoms with Crippen molar-refractivity contribution in [3.05, 3.63) is 47.1 Å². The molecule has 1 N–H and O–H groups in total. The van der Waals surface area contributed by atoms with Gasteiger partial charge in [-0.1, -0.05) is 23.3 Å². The Balaban J connectivity index is 1.54. The zero-order valence-electron chi connectivity index (χ0n) is 15.2. The molecule has 5 nitrogen and oxygen atoms in total. The van der Waals surface area contributed by atoms with Crippen molar-refractivity contribution < 1.29 is 23.0 Å². The maximum Gasteiger partial charge on any atom is 0.586 e. The van der Waals surface area contributed by atoms with E-state index in [1.807, 2.05) is 19.9 Å². The molecule has 0 spiro atoms. The number of fused-ring (bicyclic) bond motifs is 1. The molecule has 146 valence electrons. The van der Waals surface area contributed by atoms with Gasteiger partial charge in [-0.2, -0.15) is 0 Å². The number of hydrogen-bond donors (Lipinski definition) is 1. The number of rotatable bonds is 4. The average Bonchev–Trinajstić information content (AvgIpc) is 3.40. The van der Waals surface area contributed by atoms with Gasteiger partial charge in [-0.3, -0.25) is 4.79 Å². The zero-order valence-corrected chi connectivity index (χ0v) is 15.9. The molecular weight excluding hydrogens is 390 g/mol. The molecule has 1 aromatic heterocycles. The monoisotopic (exact) mass is 406 g/mol. The Morgan fingerprint density at radius 2 is 1.93 bits per heavy atom. The largest absolute Gasteiger partial charge is 0.586 e. The maximum atomic E-state index is 13.2. The molecule has 0 radical (unpaired) electrons. The predicted molar refractivity (Wildman–Crippen MR) is 101 cm³/mol. The first-order valence-corrected chi connectivity index (χ1v) is 9.12. The lowest BCUT2D eigenvalue weighted by Gasteiger charge is -2.15. The molecule has 8 heteroatoms. The average molecular weight is 407 g/mol. The fourth-order valence-corrected chi connectivity index (χ4v) is 3.52. The molecule has 1 amide bonds. The molecule has 28 heavy (non-hydrogen) atoms. The molecule has 2 aliphatic rings. The standard InChI is InChI=1S/C20H17ClF2N2O3/c1-3-11(2)19(6-7-19)18(26)25-17-5-4-12(10-24-17)13-8-15-16(9-14(13)21)28-20(22,23)27-15/h3-5,8-10H,6-7H2,1-2H3,(H,24,25,26)/b11-3+. The van der Waals surface area contributed by atoms with Crippen LogP contribution in [-0.4, -0.2) is 17.2 Å². The van der Waals surface area contributed by atoms with E-state index in [1.54, 1.807) is 12.1 Å². The van der Waals surface area contributed by atoms with Crippen molar-refractivity contribution in [3.63, 3.8) is 0 Å². The van der Waals surface area contributed by atoms with Crippen LogP contribution in [0.1, 0.15) is 26.7 Å². The normalized spacial score (nSPS) is 18.7. The summed E-state index contributed by atoms with van der Waals surface area (Å²) in [5, 5.41) is 3.06. The van der Waals surface area contributed by atoms with E-state index in [-0.39, 0.29) is 22.4 Å². The van der Waals surface area contributed by atoms with Crippen molar-refractivity contribution in [2.75, 3.05) is 5.32 Å². The number of ether oxygens (including phenoxy) is 2. The third-order valence-corrected chi connectivity index (χ3v) is 5.49. The Kier molecular flexibility index (Phi) is 4.30. The maximum absolute atomic E-state index is 13.2. The van der Waals surface area contributed by atoms with Gasteiger partial charge >= 0.3 is 6.29 Å². The van der Waals surface area contributed by atoms with Crippen LogP contribution in [0.25, 0.3) is 11.1 Å². The third kappa shape index (κ3) is 3.20. The van der Waals surface area contributed by atoms with Crippen molar-refractivity contribution in [1.82, 2.24) is 4.98 Å². The van der Waals surface area contributed by atoms with Gasteiger partial charge in [0, 0.05) is 23.4 Å². The highest BCUT2D eigenvalue weighted by atomic mass is 35.5. The Bertz CT molecular complexity index is 986. The van der Waals surface area contributed by atoms with E-state index < -0.39 is 11.7 Å². The molecule has 2 aromatic rings. The van der Waals surface area contributed by atoms with Crippen molar-refractivity contribution in [2.45, 2.75) is 33.0 Å². The summed E-state index contributed by atoms with van der Waals surface area (Å²) < 4.78 is 35.3. The van der Waals surface area contributed by atoms with Crippen LogP contribution >= 0.6 is 11.6 Å². The SMILES string of the molecule is C/C=C(\C)C1(C(=O)Nc2ccc(-c3cc4c(cc3Cl)OC(F)(F)O4)cn2)CC1. The highest BCUT2D eigenvalue weighted by Gasteiger charge is 2.51. The van der Waals surface area contributed by atoms with Crippen LogP contribution in [0.15, 0.2) is 42.1 Å². The number of benzene rings is 1. The summed E-state index contributed by atoms with van der Waals surface area (Å²) in [4.78, 5) is 16.8. The lowest BCUT2D eigenvalue weighted by molar-refractivity contribution is -0.286. The molecule has 1 aliphatic carbocycles. The number of nitrogens with zero attached hydrogens (tertiary/aromatic N) is 1. The first-order valence-electron chi connectivity index (χ1n) is 8.75. The van der Waals surface area contributed by atoms with Gasteiger partial charge in [0.05, 0.1) is 10.4 Å². The van der Waals surface area contributed by atoms with Gasteiger partial charge in [-0.15, -0.1) is 8.78 Å². The zero-order chi connectivity index (χ0) is 20.1. The topological polar surface area (TPSA) is 60.5 Å². The molecule has 4 rings (SSSR count). The van der Waals surface area contributed by atoms with E-state index in [1.165, 1.54) is 18.3 Å². The molecule has 0 atom stereocenters. The second kappa shape index (κ2) is 6.44. The van der Waals surface area contributed by atoms with Gasteiger partial charge in [0.15, 0.2) is 11.5 Å². The highest BCUT2D eigenvalue weighted by Crippen LogP contribution is 2.52. The van der Waals surface area contributed by atoms with Crippen LogP contribution in [0, 0.1) is 5.41 Å². The van der Waals surface area contributed by atoms with Crippen LogP contribution < -0.4 is 14.8 Å². The first-order chi connectivity index (χ1) is 13.2. The quantitative estimate of drug-likeness (QED) is 0.690. The fraction of sp³-hybridized carbons (Fsp3) is 0.300. The van der Waals surface area contributed by atoms with Crippen LogP contribution in [0.5, 0.6) is 11.5 Å². The molecule has 2 heterocycles. The van der Waals surface area contributed by atoms with E-state index in [4.69, 9.17) is 11.6 Å². The number of carbonyl (C=O) groups is 1. The number of amides is 1. The van der Waals surface area contributed by atoms with Crippen LogP contribution in [0.3, 0.4) is 0 Å². The van der Waals surface area contributed by atoms with Gasteiger partial charge in [-0.25, -0.2) is 4.98 Å². The number of nitrogens with one attached hydrogen (secondary N) is 1. The second-order valence-corrected chi connectivity index (χ2v) is 7.29. The first kappa shape index (κ1) is 18.7. The van der Waals surface area contributed by atoms with Crippen LogP contribution in [0.2, 0.25) is 5.02 Å². The van der Waals surface area contributed by atoms with Crippen LogP contribution in [0.4, 0.5) is 14.6 Å². The van der Waals surface area contributed by atoms with E-state index in [0.717, 1.165) is 18.4 Å². The van der Waals surface area contributed by atoms with Gasteiger partial charge < -0.3 is 14.8 Å². The number of pyridine rings is 1. The summed E-state index contributed by atoms with van der Waals surface area (Å²) in [6, 6.07) is 6.00. The molecule has 1 aliphatic heterocycles. The molecule has 0 saturated heterocycles. The molecule has 1 fully saturated rings. The van der Waals surface area contributed by atoms with E-state index in [2.05, 4.69) is 19.8 Å². The fourth-order valence-electron chi connectivity index (χ4n) is 3.26.